The number of anilines is 2. The first-order chi connectivity index (χ1) is 11.5. The average Bonchev–Trinajstić information content (AvgIpc) is 2.97. The number of fused-ring (bicyclic) bond motifs is 1. The zero-order valence-electron chi connectivity index (χ0n) is 12.8. The molecule has 1 aliphatic heterocycles. The monoisotopic (exact) mass is 363 g/mol. The van der Waals surface area contributed by atoms with E-state index in [2.05, 4.69) is 10.6 Å². The normalized spacial score (nSPS) is 15.8. The number of urea groups is 1. The Labute approximate surface area is 149 Å². The van der Waals surface area contributed by atoms with Gasteiger partial charge < -0.3 is 10.6 Å². The summed E-state index contributed by atoms with van der Waals surface area (Å²) in [5.74, 6) is -0.213. The van der Waals surface area contributed by atoms with Crippen LogP contribution in [0.5, 0.6) is 0 Å². The van der Waals surface area contributed by atoms with Gasteiger partial charge in [-0.2, -0.15) is 0 Å². The van der Waals surface area contributed by atoms with Crippen LogP contribution in [0.2, 0.25) is 10.0 Å². The molecule has 0 saturated heterocycles. The summed E-state index contributed by atoms with van der Waals surface area (Å²) in [4.78, 5) is 26.4. The molecule has 2 aromatic carbocycles. The number of nitrogens with zero attached hydrogens (tertiary/aromatic N) is 1. The average molecular weight is 364 g/mol. The number of carbonyl (C=O) groups excluding carboxylic acids is 2. The molecule has 1 heterocycles. The van der Waals surface area contributed by atoms with Gasteiger partial charge >= 0.3 is 6.03 Å². The Morgan fingerprint density at radius 1 is 1.12 bits per heavy atom. The first-order valence-electron chi connectivity index (χ1n) is 7.36. The molecule has 24 heavy (non-hydrogen) atoms. The lowest BCUT2D eigenvalue weighted by atomic mass is 10.1. The smallest absolute Gasteiger partial charge is 0.327 e. The predicted molar refractivity (Wildman–Crippen MR) is 96.0 cm³/mol. The first-order valence-corrected chi connectivity index (χ1v) is 8.11. The Morgan fingerprint density at radius 3 is 2.58 bits per heavy atom. The number of nitrogens with one attached hydrogen (secondary N) is 2. The summed E-state index contributed by atoms with van der Waals surface area (Å²) in [5, 5.41) is 6.13. The van der Waals surface area contributed by atoms with E-state index in [9.17, 15) is 9.59 Å². The number of carbonyl (C=O) groups is 2. The van der Waals surface area contributed by atoms with E-state index in [1.54, 1.807) is 25.2 Å². The fourth-order valence-corrected chi connectivity index (χ4v) is 3.07. The molecule has 5 nitrogen and oxygen atoms in total. The molecule has 2 N–H and O–H groups in total. The highest BCUT2D eigenvalue weighted by Gasteiger charge is 2.37. The highest BCUT2D eigenvalue weighted by Crippen LogP contribution is 2.33. The zero-order valence-corrected chi connectivity index (χ0v) is 14.4. The van der Waals surface area contributed by atoms with Crippen LogP contribution < -0.4 is 15.5 Å². The lowest BCUT2D eigenvalue weighted by molar-refractivity contribution is -0.121. The molecule has 7 heteroatoms. The Balaban J connectivity index is 1.90. The second-order valence-electron chi connectivity index (χ2n) is 5.39. The van der Waals surface area contributed by atoms with Crippen LogP contribution in [0.3, 0.4) is 0 Å². The highest BCUT2D eigenvalue weighted by molar-refractivity contribution is 6.42. The van der Waals surface area contributed by atoms with Crippen LogP contribution >= 0.6 is 23.2 Å². The summed E-state index contributed by atoms with van der Waals surface area (Å²) in [6.07, 6.45) is 0.477. The van der Waals surface area contributed by atoms with Gasteiger partial charge in [0.2, 0.25) is 5.91 Å². The van der Waals surface area contributed by atoms with E-state index in [0.29, 0.717) is 22.2 Å². The minimum Gasteiger partial charge on any atom is -0.357 e. The fraction of sp³-hybridized carbons (Fsp3) is 0.176. The van der Waals surface area contributed by atoms with E-state index < -0.39 is 12.1 Å². The van der Waals surface area contributed by atoms with Crippen molar-refractivity contribution in [1.29, 1.82) is 0 Å². The van der Waals surface area contributed by atoms with Crippen LogP contribution in [0.25, 0.3) is 0 Å². The van der Waals surface area contributed by atoms with Crippen LogP contribution in [-0.2, 0) is 11.2 Å². The molecule has 0 saturated carbocycles. The van der Waals surface area contributed by atoms with Crippen molar-refractivity contribution in [2.75, 3.05) is 17.3 Å². The van der Waals surface area contributed by atoms with Gasteiger partial charge in [-0.1, -0.05) is 41.4 Å². The second-order valence-corrected chi connectivity index (χ2v) is 6.21. The molecule has 1 unspecified atom stereocenters. The van der Waals surface area contributed by atoms with Gasteiger partial charge in [-0.15, -0.1) is 0 Å². The van der Waals surface area contributed by atoms with Gasteiger partial charge in [-0.3, -0.25) is 9.69 Å². The van der Waals surface area contributed by atoms with Crippen LogP contribution in [-0.4, -0.2) is 25.0 Å². The van der Waals surface area contributed by atoms with Gasteiger partial charge in [-0.05, 0) is 29.8 Å². The van der Waals surface area contributed by atoms with Crippen molar-refractivity contribution < 1.29 is 9.59 Å². The molecule has 0 bridgehead atoms. The molecule has 0 aromatic heterocycles. The number of amides is 3. The number of halogens is 2. The number of hydrogen-bond donors (Lipinski definition) is 2. The van der Waals surface area contributed by atoms with Gasteiger partial charge in [0.15, 0.2) is 0 Å². The van der Waals surface area contributed by atoms with Crippen molar-refractivity contribution in [3.8, 4) is 0 Å². The SMILES string of the molecule is CNC(=O)C1Cc2ccccc2N1C(=O)Nc1ccc(Cl)c(Cl)c1. The summed E-state index contributed by atoms with van der Waals surface area (Å²) in [6, 6.07) is 11.3. The van der Waals surface area contributed by atoms with Crippen LogP contribution in [0.4, 0.5) is 16.2 Å². The zero-order chi connectivity index (χ0) is 17.3. The molecule has 1 aliphatic rings. The first kappa shape index (κ1) is 16.6. The van der Waals surface area contributed by atoms with Gasteiger partial charge in [-0.25, -0.2) is 4.79 Å². The third-order valence-electron chi connectivity index (χ3n) is 3.91. The van der Waals surface area contributed by atoms with E-state index in [4.69, 9.17) is 23.2 Å². The maximum absolute atomic E-state index is 12.8. The number of para-hydroxylation sites is 1. The molecule has 0 aliphatic carbocycles. The molecule has 2 aromatic rings. The molecule has 0 radical (unpaired) electrons. The van der Waals surface area contributed by atoms with E-state index >= 15 is 0 Å². The minimum atomic E-state index is -0.588. The lowest BCUT2D eigenvalue weighted by Crippen LogP contribution is -2.48. The number of benzene rings is 2. The number of rotatable bonds is 2. The molecule has 0 spiro atoms. The third-order valence-corrected chi connectivity index (χ3v) is 4.65. The van der Waals surface area contributed by atoms with Gasteiger partial charge in [0.1, 0.15) is 6.04 Å². The Kier molecular flexibility index (Phi) is 4.64. The van der Waals surface area contributed by atoms with Crippen LogP contribution in [0, 0.1) is 0 Å². The summed E-state index contributed by atoms with van der Waals surface area (Å²) < 4.78 is 0. The number of likely N-dealkylation sites (N-methyl/N-ethyl adjacent to an activating group) is 1. The summed E-state index contributed by atoms with van der Waals surface area (Å²) in [6.45, 7) is 0. The summed E-state index contributed by atoms with van der Waals surface area (Å²) in [7, 11) is 1.56. The Hall–Kier alpha value is -2.24. The standard InChI is InChI=1S/C17H15Cl2N3O2/c1-20-16(23)15-8-10-4-2-3-5-14(10)22(15)17(24)21-11-6-7-12(18)13(19)9-11/h2-7,9,15H,8H2,1H3,(H,20,23)(H,21,24). The van der Waals surface area contributed by atoms with Crippen LogP contribution in [0.15, 0.2) is 42.5 Å². The lowest BCUT2D eigenvalue weighted by Gasteiger charge is -2.24. The Bertz CT molecular complexity index is 810. The van der Waals surface area contributed by atoms with Crippen molar-refractivity contribution in [2.24, 2.45) is 0 Å². The maximum atomic E-state index is 12.8. The van der Waals surface area contributed by atoms with E-state index in [-0.39, 0.29) is 5.91 Å². The van der Waals surface area contributed by atoms with Crippen molar-refractivity contribution in [2.45, 2.75) is 12.5 Å². The number of hydrogen-bond acceptors (Lipinski definition) is 2. The van der Waals surface area contributed by atoms with Crippen molar-refractivity contribution in [1.82, 2.24) is 5.32 Å². The van der Waals surface area contributed by atoms with Gasteiger partial charge in [0.25, 0.3) is 0 Å². The minimum absolute atomic E-state index is 0.213. The predicted octanol–water partition coefficient (Wildman–Crippen LogP) is 3.70. The van der Waals surface area contributed by atoms with E-state index in [1.807, 2.05) is 24.3 Å². The molecule has 124 valence electrons. The van der Waals surface area contributed by atoms with Crippen molar-refractivity contribution >= 4 is 46.5 Å². The molecule has 1 atom stereocenters. The quantitative estimate of drug-likeness (QED) is 0.854. The highest BCUT2D eigenvalue weighted by atomic mass is 35.5. The molecule has 3 amide bonds. The van der Waals surface area contributed by atoms with E-state index in [1.165, 1.54) is 4.90 Å². The Morgan fingerprint density at radius 2 is 1.88 bits per heavy atom. The van der Waals surface area contributed by atoms with Crippen molar-refractivity contribution in [3.63, 3.8) is 0 Å². The topological polar surface area (TPSA) is 61.4 Å². The van der Waals surface area contributed by atoms with Gasteiger partial charge in [0, 0.05) is 24.8 Å². The molecule has 3 rings (SSSR count). The summed E-state index contributed by atoms with van der Waals surface area (Å²) >= 11 is 11.9. The summed E-state index contributed by atoms with van der Waals surface area (Å²) in [5.41, 5.74) is 2.19. The third kappa shape index (κ3) is 3.05. The van der Waals surface area contributed by atoms with E-state index in [0.717, 1.165) is 11.3 Å². The molecular formula is C17H15Cl2N3O2. The largest absolute Gasteiger partial charge is 0.357 e. The molecule has 0 fully saturated rings. The van der Waals surface area contributed by atoms with Crippen molar-refractivity contribution in [3.05, 3.63) is 58.1 Å². The van der Waals surface area contributed by atoms with Gasteiger partial charge in [0.05, 0.1) is 10.0 Å². The van der Waals surface area contributed by atoms with Crippen LogP contribution in [0.1, 0.15) is 5.56 Å². The second kappa shape index (κ2) is 6.71. The maximum Gasteiger partial charge on any atom is 0.327 e. The molecular weight excluding hydrogens is 349 g/mol. The fourth-order valence-electron chi connectivity index (χ4n) is 2.77.